The molecule has 1 N–H and O–H groups in total. The molecule has 0 atom stereocenters. The number of rotatable bonds is 5. The fourth-order valence-electron chi connectivity index (χ4n) is 2.26. The van der Waals surface area contributed by atoms with Crippen molar-refractivity contribution in [3.05, 3.63) is 39.3 Å². The van der Waals surface area contributed by atoms with Crippen molar-refractivity contribution in [3.8, 4) is 0 Å². The van der Waals surface area contributed by atoms with Crippen LogP contribution in [0.25, 0.3) is 11.0 Å². The highest BCUT2D eigenvalue weighted by atomic mass is 16.7. The Morgan fingerprint density at radius 1 is 1.24 bits per heavy atom. The van der Waals surface area contributed by atoms with Crippen molar-refractivity contribution in [1.29, 1.82) is 0 Å². The summed E-state index contributed by atoms with van der Waals surface area (Å²) in [4.78, 5) is 47.4. The van der Waals surface area contributed by atoms with Crippen LogP contribution in [0, 0.1) is 13.8 Å². The van der Waals surface area contributed by atoms with E-state index >= 15 is 0 Å². The topological polar surface area (TPSA) is 93.5 Å². The van der Waals surface area contributed by atoms with Crippen LogP contribution in [0.5, 0.6) is 0 Å². The summed E-state index contributed by atoms with van der Waals surface area (Å²) in [5.74, 6) is -1.26. The van der Waals surface area contributed by atoms with Gasteiger partial charge in [0.05, 0.1) is 5.52 Å². The van der Waals surface area contributed by atoms with E-state index in [-0.39, 0.29) is 5.69 Å². The van der Waals surface area contributed by atoms with Crippen molar-refractivity contribution in [2.75, 3.05) is 27.2 Å². The number of hydrogen-bond acceptors (Lipinski definition) is 6. The fraction of sp³-hybridized carbons (Fsp3) is 0.412. The van der Waals surface area contributed by atoms with E-state index in [4.69, 9.17) is 4.84 Å². The first-order valence-electron chi connectivity index (χ1n) is 7.86. The summed E-state index contributed by atoms with van der Waals surface area (Å²) in [7, 11) is 3.75. The van der Waals surface area contributed by atoms with Crippen molar-refractivity contribution in [1.82, 2.24) is 19.9 Å². The Hall–Kier alpha value is -2.74. The third kappa shape index (κ3) is 4.21. The highest BCUT2D eigenvalue weighted by molar-refractivity contribution is 5.94. The molecule has 25 heavy (non-hydrogen) atoms. The number of likely N-dealkylation sites (N-methyl/N-ethyl adjacent to an activating group) is 1. The lowest BCUT2D eigenvalue weighted by Gasteiger charge is -2.13. The standard InChI is InChI=1S/C17H22N4O4/c1-10-8-13-14(9-11(10)2)21(25-12(3)22)17(24)15(19-13)16(23)18-6-7-20(4)5/h8-9H,6-7H2,1-5H3,(H,18,23). The van der Waals surface area contributed by atoms with Crippen LogP contribution in [0.2, 0.25) is 0 Å². The second-order valence-corrected chi connectivity index (χ2v) is 6.13. The Morgan fingerprint density at radius 2 is 1.88 bits per heavy atom. The second kappa shape index (κ2) is 7.43. The fourth-order valence-corrected chi connectivity index (χ4v) is 2.26. The van der Waals surface area contributed by atoms with E-state index in [1.54, 1.807) is 12.1 Å². The molecule has 0 unspecified atom stereocenters. The summed E-state index contributed by atoms with van der Waals surface area (Å²) in [6, 6.07) is 3.45. The maximum absolute atomic E-state index is 12.6. The molecule has 0 aliphatic heterocycles. The van der Waals surface area contributed by atoms with Crippen LogP contribution >= 0.6 is 0 Å². The molecule has 0 aliphatic carbocycles. The van der Waals surface area contributed by atoms with Crippen molar-refractivity contribution in [3.63, 3.8) is 0 Å². The van der Waals surface area contributed by atoms with Gasteiger partial charge in [0, 0.05) is 20.0 Å². The van der Waals surface area contributed by atoms with Crippen LogP contribution in [0.3, 0.4) is 0 Å². The molecule has 0 saturated heterocycles. The minimum absolute atomic E-state index is 0.309. The average Bonchev–Trinajstić information content (AvgIpc) is 2.51. The van der Waals surface area contributed by atoms with Crippen molar-refractivity contribution in [2.24, 2.45) is 0 Å². The maximum atomic E-state index is 12.6. The first kappa shape index (κ1) is 18.6. The van der Waals surface area contributed by atoms with Gasteiger partial charge in [-0.1, -0.05) is 0 Å². The van der Waals surface area contributed by atoms with Gasteiger partial charge in [0.15, 0.2) is 5.69 Å². The minimum Gasteiger partial charge on any atom is -0.349 e. The zero-order valence-corrected chi connectivity index (χ0v) is 15.0. The molecule has 2 aromatic rings. The summed E-state index contributed by atoms with van der Waals surface area (Å²) >= 11 is 0. The van der Waals surface area contributed by atoms with Gasteiger partial charge in [-0.25, -0.2) is 9.78 Å². The van der Waals surface area contributed by atoms with Crippen LogP contribution in [-0.4, -0.2) is 53.7 Å². The summed E-state index contributed by atoms with van der Waals surface area (Å²) in [6.07, 6.45) is 0. The highest BCUT2D eigenvalue weighted by Crippen LogP contribution is 2.16. The smallest absolute Gasteiger partial charge is 0.330 e. The van der Waals surface area contributed by atoms with Crippen LogP contribution in [0.4, 0.5) is 0 Å². The normalized spacial score (nSPS) is 11.0. The summed E-state index contributed by atoms with van der Waals surface area (Å²) < 4.78 is 0.831. The van der Waals surface area contributed by atoms with Crippen LogP contribution in [0.15, 0.2) is 16.9 Å². The van der Waals surface area contributed by atoms with E-state index in [1.807, 2.05) is 32.8 Å². The number of hydrogen-bond donors (Lipinski definition) is 1. The number of carbonyl (C=O) groups excluding carboxylic acids is 2. The molecule has 8 nitrogen and oxygen atoms in total. The maximum Gasteiger partial charge on any atom is 0.330 e. The first-order chi connectivity index (χ1) is 11.7. The molecule has 0 aliphatic rings. The Balaban J connectivity index is 2.55. The van der Waals surface area contributed by atoms with Crippen LogP contribution in [-0.2, 0) is 4.79 Å². The van der Waals surface area contributed by atoms with Gasteiger partial charge >= 0.3 is 11.5 Å². The lowest BCUT2D eigenvalue weighted by Crippen LogP contribution is -2.39. The van der Waals surface area contributed by atoms with Gasteiger partial charge in [0.2, 0.25) is 0 Å². The minimum atomic E-state index is -0.770. The Kier molecular flexibility index (Phi) is 5.53. The zero-order chi connectivity index (χ0) is 18.7. The molecule has 2 rings (SSSR count). The predicted octanol–water partition coefficient (Wildman–Crippen LogP) is 0.280. The summed E-state index contributed by atoms with van der Waals surface area (Å²) in [5.41, 5.74) is 1.53. The number of amides is 1. The number of nitrogens with one attached hydrogen (secondary N) is 1. The Bertz CT molecular complexity index is 886. The molecule has 134 valence electrons. The molecule has 1 aromatic carbocycles. The molecule has 0 fully saturated rings. The molecular weight excluding hydrogens is 324 g/mol. The van der Waals surface area contributed by atoms with E-state index in [1.165, 1.54) is 6.92 Å². The molecule has 8 heteroatoms. The van der Waals surface area contributed by atoms with E-state index in [0.29, 0.717) is 24.1 Å². The molecule has 0 saturated carbocycles. The van der Waals surface area contributed by atoms with Crippen LogP contribution in [0.1, 0.15) is 28.5 Å². The van der Waals surface area contributed by atoms with Gasteiger partial charge in [0.25, 0.3) is 5.91 Å². The number of fused-ring (bicyclic) bond motifs is 1. The van der Waals surface area contributed by atoms with E-state index < -0.39 is 17.4 Å². The Labute approximate surface area is 145 Å². The van der Waals surface area contributed by atoms with Gasteiger partial charge in [-0.05, 0) is 51.2 Å². The molecule has 1 heterocycles. The number of aromatic nitrogens is 2. The van der Waals surface area contributed by atoms with Crippen molar-refractivity contribution in [2.45, 2.75) is 20.8 Å². The molecule has 1 amide bonds. The Morgan fingerprint density at radius 3 is 2.48 bits per heavy atom. The molecule has 0 spiro atoms. The molecule has 0 radical (unpaired) electrons. The molecule has 1 aromatic heterocycles. The predicted molar refractivity (Wildman–Crippen MR) is 93.6 cm³/mol. The summed E-state index contributed by atoms with van der Waals surface area (Å²) in [5, 5.41) is 2.65. The summed E-state index contributed by atoms with van der Waals surface area (Å²) in [6.45, 7) is 5.95. The highest BCUT2D eigenvalue weighted by Gasteiger charge is 2.19. The number of carbonyl (C=O) groups is 2. The van der Waals surface area contributed by atoms with E-state index in [2.05, 4.69) is 10.3 Å². The number of benzene rings is 1. The van der Waals surface area contributed by atoms with Gasteiger partial charge in [-0.3, -0.25) is 9.59 Å². The lowest BCUT2D eigenvalue weighted by molar-refractivity contribution is -0.141. The quantitative estimate of drug-likeness (QED) is 0.836. The molecule has 0 bridgehead atoms. The second-order valence-electron chi connectivity index (χ2n) is 6.13. The first-order valence-corrected chi connectivity index (χ1v) is 7.86. The van der Waals surface area contributed by atoms with E-state index in [0.717, 1.165) is 15.9 Å². The molecular formula is C17H22N4O4. The van der Waals surface area contributed by atoms with Gasteiger partial charge in [-0.2, -0.15) is 0 Å². The monoisotopic (exact) mass is 346 g/mol. The number of nitrogens with zero attached hydrogens (tertiary/aromatic N) is 3. The lowest BCUT2D eigenvalue weighted by atomic mass is 10.1. The van der Waals surface area contributed by atoms with Gasteiger partial charge in [-0.15, -0.1) is 4.73 Å². The van der Waals surface area contributed by atoms with Gasteiger partial charge < -0.3 is 15.1 Å². The van der Waals surface area contributed by atoms with Crippen LogP contribution < -0.4 is 15.7 Å². The zero-order valence-electron chi connectivity index (χ0n) is 15.0. The van der Waals surface area contributed by atoms with Gasteiger partial charge in [0.1, 0.15) is 5.52 Å². The number of aryl methyl sites for hydroxylation is 2. The third-order valence-electron chi connectivity index (χ3n) is 3.71. The SMILES string of the molecule is CC(=O)On1c(=O)c(C(=O)NCCN(C)C)nc2cc(C)c(C)cc21. The van der Waals surface area contributed by atoms with Crippen molar-refractivity contribution >= 4 is 22.9 Å². The average molecular weight is 346 g/mol. The third-order valence-corrected chi connectivity index (χ3v) is 3.71. The van der Waals surface area contributed by atoms with E-state index in [9.17, 15) is 14.4 Å². The van der Waals surface area contributed by atoms with Crippen molar-refractivity contribution < 1.29 is 14.4 Å². The largest absolute Gasteiger partial charge is 0.349 e.